The maximum Gasteiger partial charge on any atom is 0.263 e. The maximum atomic E-state index is 13.0. The monoisotopic (exact) mass is 463 g/mol. The van der Waals surface area contributed by atoms with Crippen molar-refractivity contribution in [3.63, 3.8) is 0 Å². The van der Waals surface area contributed by atoms with Crippen molar-refractivity contribution < 1.29 is 9.53 Å². The third kappa shape index (κ3) is 4.11. The Morgan fingerprint density at radius 1 is 1.21 bits per heavy atom. The summed E-state index contributed by atoms with van der Waals surface area (Å²) in [6.45, 7) is 6.02. The number of hydrogen-bond acceptors (Lipinski definition) is 6. The molecule has 0 aliphatic heterocycles. The fourth-order valence-electron chi connectivity index (χ4n) is 3.79. The highest BCUT2D eigenvalue weighted by Gasteiger charge is 2.22. The van der Waals surface area contributed by atoms with E-state index in [-0.39, 0.29) is 23.3 Å². The molecule has 0 radical (unpaired) electrons. The molecule has 4 rings (SSSR count). The summed E-state index contributed by atoms with van der Waals surface area (Å²) < 4.78 is 8.80. The molecular weight excluding hydrogens is 438 g/mol. The number of benzene rings is 2. The van der Waals surface area contributed by atoms with Crippen LogP contribution in [0.5, 0.6) is 5.75 Å². The Morgan fingerprint density at radius 3 is 2.70 bits per heavy atom. The Bertz CT molecular complexity index is 1390. The first-order valence-corrected chi connectivity index (χ1v) is 11.5. The van der Waals surface area contributed by atoms with Crippen molar-refractivity contribution >= 4 is 34.3 Å². The normalized spacial score (nSPS) is 12.1. The Labute approximate surface area is 195 Å². The van der Waals surface area contributed by atoms with Crippen LogP contribution in [0, 0.1) is 0 Å². The Kier molecular flexibility index (Phi) is 6.50. The largest absolute Gasteiger partial charge is 0.496 e. The lowest BCUT2D eigenvalue weighted by Crippen LogP contribution is -2.31. The molecule has 0 saturated heterocycles. The maximum absolute atomic E-state index is 13.0. The summed E-state index contributed by atoms with van der Waals surface area (Å²) in [4.78, 5) is 27.6. The predicted molar refractivity (Wildman–Crippen MR) is 130 cm³/mol. The van der Waals surface area contributed by atoms with Gasteiger partial charge in [0.15, 0.2) is 5.16 Å². The minimum absolute atomic E-state index is 0.0566. The molecule has 9 heteroatoms. The second kappa shape index (κ2) is 9.50. The van der Waals surface area contributed by atoms with Gasteiger partial charge in [-0.2, -0.15) is 0 Å². The molecule has 1 amide bonds. The molecule has 0 N–H and O–H groups in total. The van der Waals surface area contributed by atoms with Crippen molar-refractivity contribution in [1.82, 2.24) is 24.1 Å². The summed E-state index contributed by atoms with van der Waals surface area (Å²) in [7, 11) is 3.40. The molecule has 4 aromatic rings. The van der Waals surface area contributed by atoms with Gasteiger partial charge in [0.2, 0.25) is 11.7 Å². The van der Waals surface area contributed by atoms with Crippen molar-refractivity contribution in [3.8, 4) is 5.75 Å². The summed E-state index contributed by atoms with van der Waals surface area (Å²) in [6, 6.07) is 14.8. The van der Waals surface area contributed by atoms with Gasteiger partial charge in [0, 0.05) is 19.2 Å². The SMILES string of the molecule is C=CCn1c(=O)c2ccccc2n2c(SCC(=O)N(C)C(C)c3ccccc3OC)nnc12. The molecule has 0 saturated carbocycles. The molecule has 2 aromatic heterocycles. The number of ether oxygens (including phenoxy) is 1. The van der Waals surface area contributed by atoms with Crippen LogP contribution in [0.2, 0.25) is 0 Å². The number of methoxy groups -OCH3 is 1. The van der Waals surface area contributed by atoms with Crippen LogP contribution in [0.15, 0.2) is 71.1 Å². The second-order valence-electron chi connectivity index (χ2n) is 7.55. The van der Waals surface area contributed by atoms with E-state index in [4.69, 9.17) is 4.74 Å². The first kappa shape index (κ1) is 22.6. The van der Waals surface area contributed by atoms with E-state index >= 15 is 0 Å². The minimum atomic E-state index is -0.164. The quantitative estimate of drug-likeness (QED) is 0.294. The minimum Gasteiger partial charge on any atom is -0.496 e. The zero-order chi connectivity index (χ0) is 23.5. The van der Waals surface area contributed by atoms with Crippen molar-refractivity contribution in [2.75, 3.05) is 19.9 Å². The van der Waals surface area contributed by atoms with E-state index in [1.165, 1.54) is 16.3 Å². The van der Waals surface area contributed by atoms with Crippen LogP contribution in [0.3, 0.4) is 0 Å². The molecule has 0 bridgehead atoms. The number of fused-ring (bicyclic) bond motifs is 3. The molecular formula is C24H25N5O3S. The first-order valence-electron chi connectivity index (χ1n) is 10.5. The van der Waals surface area contributed by atoms with E-state index in [1.54, 1.807) is 31.2 Å². The number of carbonyl (C=O) groups is 1. The fraction of sp³-hybridized carbons (Fsp3) is 0.250. The Morgan fingerprint density at radius 2 is 1.94 bits per heavy atom. The van der Waals surface area contributed by atoms with Crippen LogP contribution in [-0.2, 0) is 11.3 Å². The standard InChI is InChI=1S/C24H25N5O3S/c1-5-14-28-22(31)18-11-6-8-12-19(18)29-23(28)25-26-24(29)33-15-21(30)27(3)16(2)17-10-7-9-13-20(17)32-4/h5-13,16H,1,14-15H2,2-4H3. The van der Waals surface area contributed by atoms with Gasteiger partial charge in [-0.3, -0.25) is 18.6 Å². The molecule has 8 nitrogen and oxygen atoms in total. The zero-order valence-electron chi connectivity index (χ0n) is 18.8. The zero-order valence-corrected chi connectivity index (χ0v) is 19.6. The van der Waals surface area contributed by atoms with Crippen molar-refractivity contribution in [2.45, 2.75) is 24.7 Å². The van der Waals surface area contributed by atoms with E-state index in [1.807, 2.05) is 53.8 Å². The topological polar surface area (TPSA) is 81.7 Å². The van der Waals surface area contributed by atoms with Crippen molar-refractivity contribution in [1.29, 1.82) is 0 Å². The number of aromatic nitrogens is 4. The van der Waals surface area contributed by atoms with Gasteiger partial charge in [-0.25, -0.2) is 0 Å². The molecule has 0 aliphatic rings. The number of thioether (sulfide) groups is 1. The number of hydrogen-bond donors (Lipinski definition) is 0. The molecule has 33 heavy (non-hydrogen) atoms. The van der Waals surface area contributed by atoms with Gasteiger partial charge in [-0.1, -0.05) is 48.2 Å². The smallest absolute Gasteiger partial charge is 0.263 e. The Balaban J connectivity index is 1.63. The molecule has 170 valence electrons. The molecule has 0 aliphatic carbocycles. The van der Waals surface area contributed by atoms with Crippen LogP contribution in [-0.4, -0.2) is 49.9 Å². The molecule has 1 unspecified atom stereocenters. The van der Waals surface area contributed by atoms with E-state index in [0.717, 1.165) is 11.3 Å². The van der Waals surface area contributed by atoms with E-state index in [0.29, 0.717) is 28.4 Å². The summed E-state index contributed by atoms with van der Waals surface area (Å²) in [5, 5.41) is 9.63. The van der Waals surface area contributed by atoms with E-state index in [9.17, 15) is 9.59 Å². The summed E-state index contributed by atoms with van der Waals surface area (Å²) in [6.07, 6.45) is 1.65. The van der Waals surface area contributed by atoms with Gasteiger partial charge in [-0.15, -0.1) is 16.8 Å². The Hall–Kier alpha value is -3.59. The van der Waals surface area contributed by atoms with Crippen LogP contribution in [0.1, 0.15) is 18.5 Å². The van der Waals surface area contributed by atoms with E-state index < -0.39 is 0 Å². The second-order valence-corrected chi connectivity index (χ2v) is 8.49. The lowest BCUT2D eigenvalue weighted by atomic mass is 10.1. The van der Waals surface area contributed by atoms with Gasteiger partial charge in [0.25, 0.3) is 5.56 Å². The number of allylic oxidation sites excluding steroid dienone is 1. The molecule has 0 spiro atoms. The third-order valence-electron chi connectivity index (χ3n) is 5.68. The number of amides is 1. The van der Waals surface area contributed by atoms with Gasteiger partial charge < -0.3 is 9.64 Å². The number of para-hydroxylation sites is 2. The lowest BCUT2D eigenvalue weighted by Gasteiger charge is -2.26. The van der Waals surface area contributed by atoms with Crippen LogP contribution >= 0.6 is 11.8 Å². The van der Waals surface area contributed by atoms with Gasteiger partial charge in [0.1, 0.15) is 5.75 Å². The van der Waals surface area contributed by atoms with Crippen LogP contribution in [0.4, 0.5) is 0 Å². The van der Waals surface area contributed by atoms with Gasteiger partial charge in [0.05, 0.1) is 29.8 Å². The lowest BCUT2D eigenvalue weighted by molar-refractivity contribution is -0.128. The van der Waals surface area contributed by atoms with Gasteiger partial charge in [-0.05, 0) is 25.1 Å². The molecule has 2 aromatic carbocycles. The first-order chi connectivity index (χ1) is 16.0. The number of nitrogens with zero attached hydrogens (tertiary/aromatic N) is 5. The van der Waals surface area contributed by atoms with Crippen LogP contribution in [0.25, 0.3) is 16.7 Å². The van der Waals surface area contributed by atoms with Crippen LogP contribution < -0.4 is 10.3 Å². The van der Waals surface area contributed by atoms with Crippen molar-refractivity contribution in [2.24, 2.45) is 0 Å². The third-order valence-corrected chi connectivity index (χ3v) is 6.59. The highest BCUT2D eigenvalue weighted by molar-refractivity contribution is 7.99. The summed E-state index contributed by atoms with van der Waals surface area (Å²) >= 11 is 1.29. The van der Waals surface area contributed by atoms with Gasteiger partial charge >= 0.3 is 0 Å². The average molecular weight is 464 g/mol. The highest BCUT2D eigenvalue weighted by Crippen LogP contribution is 2.29. The van der Waals surface area contributed by atoms with E-state index in [2.05, 4.69) is 16.8 Å². The number of rotatable bonds is 8. The summed E-state index contributed by atoms with van der Waals surface area (Å²) in [5.74, 6) is 1.28. The fourth-order valence-corrected chi connectivity index (χ4v) is 4.65. The molecule has 2 heterocycles. The molecule has 1 atom stereocenters. The highest BCUT2D eigenvalue weighted by atomic mass is 32.2. The average Bonchev–Trinajstić information content (AvgIpc) is 3.28. The summed E-state index contributed by atoms with van der Waals surface area (Å²) in [5.41, 5.74) is 1.49. The molecule has 0 fully saturated rings. The van der Waals surface area contributed by atoms with Crippen molar-refractivity contribution in [3.05, 3.63) is 77.1 Å². The number of carbonyl (C=O) groups excluding carboxylic acids is 1. The predicted octanol–water partition coefficient (Wildman–Crippen LogP) is 3.55.